The molecule has 0 bridgehead atoms. The molecule has 38 heavy (non-hydrogen) atoms. The van der Waals surface area contributed by atoms with Gasteiger partial charge in [-0.3, -0.25) is 0 Å². The third-order valence-electron chi connectivity index (χ3n) is 5.96. The minimum Gasteiger partial charge on any atom is -0.491 e. The highest BCUT2D eigenvalue weighted by Crippen LogP contribution is 2.35. The maximum atomic E-state index is 11.9. The van der Waals surface area contributed by atoms with E-state index >= 15 is 0 Å². The summed E-state index contributed by atoms with van der Waals surface area (Å²) in [5, 5.41) is 25.4. The van der Waals surface area contributed by atoms with Crippen molar-refractivity contribution >= 4 is 23.5 Å². The molecule has 1 saturated heterocycles. The van der Waals surface area contributed by atoms with Crippen LogP contribution in [0.5, 0.6) is 5.75 Å². The fraction of sp³-hybridized carbons (Fsp3) is 0.500. The fourth-order valence-electron chi connectivity index (χ4n) is 4.16. The second kappa shape index (κ2) is 12.2. The van der Waals surface area contributed by atoms with E-state index in [9.17, 15) is 9.59 Å². The van der Waals surface area contributed by atoms with Gasteiger partial charge in [0.1, 0.15) is 17.4 Å². The quantitative estimate of drug-likeness (QED) is 0.295. The molecule has 4 rings (SSSR count). The van der Waals surface area contributed by atoms with Crippen LogP contribution in [0.1, 0.15) is 45.0 Å². The van der Waals surface area contributed by atoms with Gasteiger partial charge in [-0.2, -0.15) is 0 Å². The van der Waals surface area contributed by atoms with Crippen molar-refractivity contribution in [1.82, 2.24) is 35.5 Å². The van der Waals surface area contributed by atoms with Gasteiger partial charge in [-0.05, 0) is 43.2 Å². The molecule has 204 valence electrons. The third-order valence-corrected chi connectivity index (χ3v) is 6.89. The zero-order valence-corrected chi connectivity index (χ0v) is 22.9. The topological polar surface area (TPSA) is 134 Å². The Hall–Kier alpha value is -3.67. The van der Waals surface area contributed by atoms with Crippen LogP contribution < -0.4 is 15.4 Å². The van der Waals surface area contributed by atoms with Crippen molar-refractivity contribution < 1.29 is 19.4 Å². The van der Waals surface area contributed by atoms with Gasteiger partial charge in [-0.25, -0.2) is 19.3 Å². The van der Waals surface area contributed by atoms with Gasteiger partial charge in [0, 0.05) is 31.1 Å². The lowest BCUT2D eigenvalue weighted by Crippen LogP contribution is -2.31. The van der Waals surface area contributed by atoms with Gasteiger partial charge in [0.15, 0.2) is 0 Å². The van der Waals surface area contributed by atoms with E-state index in [1.807, 2.05) is 24.4 Å². The molecule has 1 aliphatic rings. The van der Waals surface area contributed by atoms with Crippen molar-refractivity contribution in [3.05, 3.63) is 41.2 Å². The van der Waals surface area contributed by atoms with Crippen molar-refractivity contribution in [1.29, 1.82) is 0 Å². The summed E-state index contributed by atoms with van der Waals surface area (Å²) >= 11 is 1.59. The van der Waals surface area contributed by atoms with Crippen LogP contribution in [-0.2, 0) is 12.8 Å². The lowest BCUT2D eigenvalue weighted by atomic mass is 9.91. The lowest BCUT2D eigenvalue weighted by molar-refractivity contribution is 0.194. The van der Waals surface area contributed by atoms with E-state index in [-0.39, 0.29) is 11.4 Å². The Morgan fingerprint density at radius 3 is 2.84 bits per heavy atom. The maximum absolute atomic E-state index is 11.9. The predicted molar refractivity (Wildman–Crippen MR) is 145 cm³/mol. The molecular weight excluding hydrogens is 506 g/mol. The van der Waals surface area contributed by atoms with E-state index in [1.165, 1.54) is 0 Å². The number of nitrogens with one attached hydrogen (secondary N) is 2. The summed E-state index contributed by atoms with van der Waals surface area (Å²) in [7, 11) is 0. The Morgan fingerprint density at radius 2 is 2.11 bits per heavy atom. The number of aromatic nitrogens is 4. The molecule has 0 spiro atoms. The first-order chi connectivity index (χ1) is 18.2. The summed E-state index contributed by atoms with van der Waals surface area (Å²) in [5.74, 6) is 0.676. The second-order valence-corrected chi connectivity index (χ2v) is 11.3. The molecule has 3 aromatic rings. The van der Waals surface area contributed by atoms with E-state index in [0.29, 0.717) is 45.0 Å². The van der Waals surface area contributed by atoms with E-state index in [1.54, 1.807) is 20.9 Å². The van der Waals surface area contributed by atoms with Gasteiger partial charge in [-0.15, -0.1) is 16.4 Å². The number of hydrogen-bond donors (Lipinski definition) is 3. The molecule has 0 unspecified atom stereocenters. The number of carbonyl (C=O) groups is 2. The monoisotopic (exact) mass is 541 g/mol. The number of carbonyl (C=O) groups excluding carboxylic acids is 1. The zero-order valence-electron chi connectivity index (χ0n) is 22.1. The van der Waals surface area contributed by atoms with Crippen LogP contribution in [0.4, 0.5) is 9.59 Å². The summed E-state index contributed by atoms with van der Waals surface area (Å²) in [4.78, 5) is 29.1. The molecule has 0 aliphatic carbocycles. The Balaban J connectivity index is 1.49. The molecule has 3 heterocycles. The molecule has 1 aromatic carbocycles. The van der Waals surface area contributed by atoms with E-state index in [4.69, 9.17) is 14.8 Å². The summed E-state index contributed by atoms with van der Waals surface area (Å²) in [6.07, 6.45) is 3.99. The third kappa shape index (κ3) is 7.67. The minimum absolute atomic E-state index is 0.0665. The number of benzene rings is 1. The van der Waals surface area contributed by atoms with Crippen LogP contribution in [0, 0.1) is 5.41 Å². The van der Waals surface area contributed by atoms with Crippen molar-refractivity contribution in [3.8, 4) is 22.0 Å². The highest BCUT2D eigenvalue weighted by Gasteiger charge is 2.20. The van der Waals surface area contributed by atoms with E-state index in [0.717, 1.165) is 46.9 Å². The van der Waals surface area contributed by atoms with E-state index < -0.39 is 6.09 Å². The number of ether oxygens (including phenoxy) is 1. The second-order valence-electron chi connectivity index (χ2n) is 10.5. The van der Waals surface area contributed by atoms with Crippen molar-refractivity contribution in [2.75, 3.05) is 32.8 Å². The minimum atomic E-state index is -1.01. The average Bonchev–Trinajstić information content (AvgIpc) is 3.60. The van der Waals surface area contributed by atoms with Crippen LogP contribution in [0.25, 0.3) is 16.3 Å². The summed E-state index contributed by atoms with van der Waals surface area (Å²) in [6.45, 7) is 9.18. The van der Waals surface area contributed by atoms with E-state index in [2.05, 4.69) is 47.1 Å². The Morgan fingerprint density at radius 1 is 1.26 bits per heavy atom. The van der Waals surface area contributed by atoms with Crippen molar-refractivity contribution in [2.45, 2.75) is 46.5 Å². The Bertz CT molecular complexity index is 1250. The lowest BCUT2D eigenvalue weighted by Gasteiger charge is -2.17. The Labute approximate surface area is 226 Å². The maximum Gasteiger partial charge on any atom is 0.404 e. The van der Waals surface area contributed by atoms with Crippen LogP contribution >= 0.6 is 11.3 Å². The van der Waals surface area contributed by atoms with Gasteiger partial charge < -0.3 is 25.4 Å². The fourth-order valence-corrected chi connectivity index (χ4v) is 5.01. The highest BCUT2D eigenvalue weighted by molar-refractivity contribution is 7.13. The van der Waals surface area contributed by atoms with Gasteiger partial charge in [0.05, 0.1) is 35.4 Å². The first kappa shape index (κ1) is 27.4. The molecule has 3 N–H and O–H groups in total. The molecule has 11 nitrogen and oxygen atoms in total. The molecule has 1 fully saturated rings. The Kier molecular flexibility index (Phi) is 8.82. The van der Waals surface area contributed by atoms with Gasteiger partial charge in [-0.1, -0.05) is 26.0 Å². The SMILES string of the molecule is CC(C)(C)Cc1csc(-c2ccc(-n3cc(CCCCNC(=O)O)nn3)cc2OCCN2CCNC2=O)n1. The first-order valence-electron chi connectivity index (χ1n) is 12.8. The summed E-state index contributed by atoms with van der Waals surface area (Å²) in [6, 6.07) is 5.82. The summed E-state index contributed by atoms with van der Waals surface area (Å²) < 4.78 is 7.93. The molecule has 1 aliphatic heterocycles. The van der Waals surface area contributed by atoms with Gasteiger partial charge in [0.25, 0.3) is 0 Å². The smallest absolute Gasteiger partial charge is 0.404 e. The number of carboxylic acid groups (broad SMARTS) is 1. The number of nitrogens with zero attached hydrogens (tertiary/aromatic N) is 5. The molecule has 12 heteroatoms. The molecule has 0 saturated carbocycles. The predicted octanol–water partition coefficient (Wildman–Crippen LogP) is 3.97. The standard InChI is InChI=1S/C26H35N7O4S/c1-26(2,3)15-19-17-38-23(29-19)21-8-7-20(14-22(21)37-13-12-32-11-10-27-24(32)34)33-16-18(30-31-33)6-4-5-9-28-25(35)36/h7-8,14,16-17,28H,4-6,9-13,15H2,1-3H3,(H,27,34)(H,35,36). The number of thiazole rings is 1. The number of aryl methyl sites for hydroxylation is 1. The van der Waals surface area contributed by atoms with Crippen molar-refractivity contribution in [2.24, 2.45) is 5.41 Å². The largest absolute Gasteiger partial charge is 0.491 e. The zero-order chi connectivity index (χ0) is 27.1. The molecule has 0 radical (unpaired) electrons. The number of unbranched alkanes of at least 4 members (excludes halogenated alkanes) is 1. The van der Waals surface area contributed by atoms with Crippen LogP contribution in [0.3, 0.4) is 0 Å². The first-order valence-corrected chi connectivity index (χ1v) is 13.7. The van der Waals surface area contributed by atoms with Crippen LogP contribution in [-0.4, -0.2) is 74.9 Å². The van der Waals surface area contributed by atoms with Crippen molar-refractivity contribution in [3.63, 3.8) is 0 Å². The molecule has 2 aromatic heterocycles. The highest BCUT2D eigenvalue weighted by atomic mass is 32.1. The number of rotatable bonds is 12. The molecule has 3 amide bonds. The number of hydrogen-bond acceptors (Lipinski definition) is 7. The normalized spacial score (nSPS) is 13.6. The number of amides is 3. The average molecular weight is 542 g/mol. The van der Waals surface area contributed by atoms with Gasteiger partial charge >= 0.3 is 12.1 Å². The molecular formula is C26H35N7O4S. The van der Waals surface area contributed by atoms with Gasteiger partial charge in [0.2, 0.25) is 0 Å². The van der Waals surface area contributed by atoms with Crippen LogP contribution in [0.2, 0.25) is 0 Å². The molecule has 0 atom stereocenters. The van der Waals surface area contributed by atoms with Crippen LogP contribution in [0.15, 0.2) is 29.8 Å². The summed E-state index contributed by atoms with van der Waals surface area (Å²) in [5.41, 5.74) is 3.73. The number of urea groups is 1.